The monoisotopic (exact) mass is 241 g/mol. The van der Waals surface area contributed by atoms with E-state index in [2.05, 4.69) is 11.9 Å². The Bertz CT molecular complexity index is 393. The quantitative estimate of drug-likeness (QED) is 0.612. The fourth-order valence-corrected chi connectivity index (χ4v) is 1.37. The van der Waals surface area contributed by atoms with Gasteiger partial charge in [-0.1, -0.05) is 23.7 Å². The molecule has 1 N–H and O–H groups in total. The zero-order valence-electron chi connectivity index (χ0n) is 8.80. The predicted molar refractivity (Wildman–Crippen MR) is 63.2 cm³/mol. The van der Waals surface area contributed by atoms with Gasteiger partial charge in [0.15, 0.2) is 5.78 Å². The summed E-state index contributed by atoms with van der Waals surface area (Å²) in [5.74, 6) is -0.491. The average Bonchev–Trinajstić information content (AvgIpc) is 2.24. The summed E-state index contributed by atoms with van der Waals surface area (Å²) in [6, 6.07) is 4.39. The molecule has 0 heterocycles. The van der Waals surface area contributed by atoms with Crippen LogP contribution in [-0.4, -0.2) is 18.9 Å². The first-order valence-corrected chi connectivity index (χ1v) is 5.28. The smallest absolute Gasteiger partial charge is 0.150 e. The van der Waals surface area contributed by atoms with Gasteiger partial charge >= 0.3 is 0 Å². The van der Waals surface area contributed by atoms with Crippen molar-refractivity contribution in [1.29, 1.82) is 0 Å². The topological polar surface area (TPSA) is 29.1 Å². The molecular weight excluding hydrogens is 229 g/mol. The summed E-state index contributed by atoms with van der Waals surface area (Å²) in [5, 5.41) is 2.96. The number of ketones is 1. The summed E-state index contributed by atoms with van der Waals surface area (Å²) in [7, 11) is 0. The highest BCUT2D eigenvalue weighted by atomic mass is 35.5. The molecule has 0 saturated carbocycles. The van der Waals surface area contributed by atoms with Gasteiger partial charge in [0.25, 0.3) is 0 Å². The molecule has 0 aliphatic heterocycles. The molecule has 86 valence electrons. The molecule has 1 aromatic carbocycles. The standard InChI is InChI=1S/C12H13ClFNO/c1-2-5-15-8-10(16)6-9-3-4-11(13)12(14)7-9/h2-4,7,15H,1,5-6,8H2. The molecule has 1 aromatic rings. The van der Waals surface area contributed by atoms with Crippen LogP contribution in [0.5, 0.6) is 0 Å². The third-order valence-corrected chi connectivity index (χ3v) is 2.30. The van der Waals surface area contributed by atoms with Gasteiger partial charge in [0.2, 0.25) is 0 Å². The van der Waals surface area contributed by atoms with Crippen molar-refractivity contribution in [3.63, 3.8) is 0 Å². The molecular formula is C12H13ClFNO. The van der Waals surface area contributed by atoms with Crippen molar-refractivity contribution in [1.82, 2.24) is 5.32 Å². The van der Waals surface area contributed by atoms with Crippen molar-refractivity contribution in [3.8, 4) is 0 Å². The van der Waals surface area contributed by atoms with E-state index < -0.39 is 5.82 Å². The van der Waals surface area contributed by atoms with Crippen LogP contribution in [0.3, 0.4) is 0 Å². The molecule has 4 heteroatoms. The number of hydrogen-bond acceptors (Lipinski definition) is 2. The number of rotatable bonds is 6. The van der Waals surface area contributed by atoms with Crippen molar-refractivity contribution < 1.29 is 9.18 Å². The van der Waals surface area contributed by atoms with Crippen molar-refractivity contribution >= 4 is 17.4 Å². The van der Waals surface area contributed by atoms with Crippen LogP contribution < -0.4 is 5.32 Å². The SMILES string of the molecule is C=CCNCC(=O)Cc1ccc(Cl)c(F)c1. The van der Waals surface area contributed by atoms with E-state index in [1.807, 2.05) is 0 Å². The van der Waals surface area contributed by atoms with Gasteiger partial charge in [0.1, 0.15) is 5.82 Å². The van der Waals surface area contributed by atoms with Crippen LogP contribution >= 0.6 is 11.6 Å². The summed E-state index contributed by atoms with van der Waals surface area (Å²) >= 11 is 5.54. The molecule has 0 aromatic heterocycles. The molecule has 0 aliphatic rings. The molecule has 0 radical (unpaired) electrons. The second-order valence-electron chi connectivity index (χ2n) is 3.38. The van der Waals surface area contributed by atoms with Gasteiger partial charge in [-0.15, -0.1) is 6.58 Å². The van der Waals surface area contributed by atoms with Crippen LogP contribution in [0.25, 0.3) is 0 Å². The Hall–Kier alpha value is -1.19. The van der Waals surface area contributed by atoms with Gasteiger partial charge in [-0.25, -0.2) is 4.39 Å². The molecule has 1 rings (SSSR count). The normalized spacial score (nSPS) is 10.1. The summed E-state index contributed by atoms with van der Waals surface area (Å²) in [6.45, 7) is 4.37. The Morgan fingerprint density at radius 3 is 2.94 bits per heavy atom. The van der Waals surface area contributed by atoms with E-state index >= 15 is 0 Å². The Morgan fingerprint density at radius 2 is 2.31 bits per heavy atom. The van der Waals surface area contributed by atoms with E-state index in [0.29, 0.717) is 12.1 Å². The van der Waals surface area contributed by atoms with Crippen LogP contribution in [0.4, 0.5) is 4.39 Å². The van der Waals surface area contributed by atoms with Crippen LogP contribution in [0.1, 0.15) is 5.56 Å². The molecule has 0 bridgehead atoms. The van der Waals surface area contributed by atoms with Crippen molar-refractivity contribution in [2.45, 2.75) is 6.42 Å². The number of halogens is 2. The minimum Gasteiger partial charge on any atom is -0.307 e. The van der Waals surface area contributed by atoms with Gasteiger partial charge in [0.05, 0.1) is 11.6 Å². The summed E-state index contributed by atoms with van der Waals surface area (Å²) in [4.78, 5) is 11.4. The lowest BCUT2D eigenvalue weighted by molar-refractivity contribution is -0.117. The van der Waals surface area contributed by atoms with Crippen LogP contribution in [-0.2, 0) is 11.2 Å². The fraction of sp³-hybridized carbons (Fsp3) is 0.250. The molecule has 0 fully saturated rings. The molecule has 16 heavy (non-hydrogen) atoms. The number of nitrogens with one attached hydrogen (secondary N) is 1. The Balaban J connectivity index is 2.49. The number of hydrogen-bond donors (Lipinski definition) is 1. The van der Waals surface area contributed by atoms with Gasteiger partial charge < -0.3 is 5.32 Å². The highest BCUT2D eigenvalue weighted by Gasteiger charge is 2.05. The summed E-state index contributed by atoms with van der Waals surface area (Å²) in [6.07, 6.45) is 1.88. The van der Waals surface area contributed by atoms with E-state index in [-0.39, 0.29) is 23.8 Å². The predicted octanol–water partition coefficient (Wildman–Crippen LogP) is 2.37. The van der Waals surface area contributed by atoms with Gasteiger partial charge in [-0.2, -0.15) is 0 Å². The maximum Gasteiger partial charge on any atom is 0.150 e. The number of carbonyl (C=O) groups is 1. The first kappa shape index (κ1) is 12.9. The van der Waals surface area contributed by atoms with Crippen molar-refractivity contribution in [3.05, 3.63) is 47.3 Å². The van der Waals surface area contributed by atoms with E-state index in [1.54, 1.807) is 12.1 Å². The lowest BCUT2D eigenvalue weighted by Crippen LogP contribution is -2.24. The highest BCUT2D eigenvalue weighted by molar-refractivity contribution is 6.30. The molecule has 0 amide bonds. The van der Waals surface area contributed by atoms with Crippen LogP contribution in [0, 0.1) is 5.82 Å². The number of carbonyl (C=O) groups excluding carboxylic acids is 1. The summed E-state index contributed by atoms with van der Waals surface area (Å²) in [5.41, 5.74) is 0.632. The van der Waals surface area contributed by atoms with Crippen molar-refractivity contribution in [2.75, 3.05) is 13.1 Å². The van der Waals surface area contributed by atoms with E-state index in [9.17, 15) is 9.18 Å². The first-order chi connectivity index (χ1) is 7.63. The maximum absolute atomic E-state index is 13.1. The maximum atomic E-state index is 13.1. The minimum absolute atomic E-state index is 0.00331. The number of benzene rings is 1. The lowest BCUT2D eigenvalue weighted by Gasteiger charge is -2.03. The highest BCUT2D eigenvalue weighted by Crippen LogP contribution is 2.15. The second-order valence-corrected chi connectivity index (χ2v) is 3.79. The molecule has 0 aliphatic carbocycles. The average molecular weight is 242 g/mol. The van der Waals surface area contributed by atoms with E-state index in [4.69, 9.17) is 11.6 Å². The van der Waals surface area contributed by atoms with Gasteiger partial charge in [0, 0.05) is 13.0 Å². The Morgan fingerprint density at radius 1 is 1.56 bits per heavy atom. The molecule has 0 saturated heterocycles. The first-order valence-electron chi connectivity index (χ1n) is 4.90. The Kier molecular flexibility index (Phi) is 5.15. The second kappa shape index (κ2) is 6.40. The van der Waals surface area contributed by atoms with E-state index in [1.165, 1.54) is 12.1 Å². The zero-order valence-corrected chi connectivity index (χ0v) is 9.56. The molecule has 0 atom stereocenters. The minimum atomic E-state index is -0.494. The summed E-state index contributed by atoms with van der Waals surface area (Å²) < 4.78 is 13.1. The zero-order chi connectivity index (χ0) is 12.0. The van der Waals surface area contributed by atoms with Crippen molar-refractivity contribution in [2.24, 2.45) is 0 Å². The molecule has 0 spiro atoms. The Labute approximate surface area is 99.1 Å². The lowest BCUT2D eigenvalue weighted by atomic mass is 10.1. The third kappa shape index (κ3) is 4.13. The van der Waals surface area contributed by atoms with Gasteiger partial charge in [-0.3, -0.25) is 4.79 Å². The number of Topliss-reactive ketones (excluding diaryl/α,β-unsaturated/α-hetero) is 1. The van der Waals surface area contributed by atoms with Crippen LogP contribution in [0.2, 0.25) is 5.02 Å². The van der Waals surface area contributed by atoms with E-state index in [0.717, 1.165) is 0 Å². The largest absolute Gasteiger partial charge is 0.307 e. The third-order valence-electron chi connectivity index (χ3n) is 2.00. The van der Waals surface area contributed by atoms with Crippen LogP contribution in [0.15, 0.2) is 30.9 Å². The fourth-order valence-electron chi connectivity index (χ4n) is 1.25. The van der Waals surface area contributed by atoms with Gasteiger partial charge in [-0.05, 0) is 17.7 Å². The molecule has 0 unspecified atom stereocenters. The molecule has 2 nitrogen and oxygen atoms in total.